The van der Waals surface area contributed by atoms with E-state index >= 15 is 0 Å². The molecule has 1 aliphatic heterocycles. The first kappa shape index (κ1) is 22.2. The maximum Gasteiger partial charge on any atom is 0.233 e. The highest BCUT2D eigenvalue weighted by atomic mass is 32.2. The lowest BCUT2D eigenvalue weighted by Crippen LogP contribution is -2.41. The monoisotopic (exact) mass is 432 g/mol. The van der Waals surface area contributed by atoms with E-state index in [2.05, 4.69) is 16.8 Å². The van der Waals surface area contributed by atoms with Crippen LogP contribution < -0.4 is 9.47 Å². The van der Waals surface area contributed by atoms with E-state index < -0.39 is 0 Å². The van der Waals surface area contributed by atoms with Crippen LogP contribution in [0.2, 0.25) is 0 Å². The van der Waals surface area contributed by atoms with Gasteiger partial charge in [0, 0.05) is 19.6 Å². The third-order valence-corrected chi connectivity index (χ3v) is 5.50. The van der Waals surface area contributed by atoms with Gasteiger partial charge in [-0.1, -0.05) is 23.9 Å². The Labute approximate surface area is 181 Å². The predicted molar refractivity (Wildman–Crippen MR) is 115 cm³/mol. The van der Waals surface area contributed by atoms with E-state index in [4.69, 9.17) is 14.2 Å². The van der Waals surface area contributed by atoms with Gasteiger partial charge in [-0.15, -0.1) is 16.8 Å². The number of hydrogen-bond donors (Lipinski definition) is 0. The molecule has 1 aromatic carbocycles. The summed E-state index contributed by atoms with van der Waals surface area (Å²) in [6.07, 6.45) is 1.78. The number of thioether (sulfide) groups is 1. The second kappa shape index (κ2) is 11.0. The minimum Gasteiger partial charge on any atom is -0.490 e. The zero-order valence-corrected chi connectivity index (χ0v) is 18.3. The van der Waals surface area contributed by atoms with Crippen LogP contribution >= 0.6 is 11.8 Å². The molecule has 1 fully saturated rings. The summed E-state index contributed by atoms with van der Waals surface area (Å²) < 4.78 is 18.9. The second-order valence-corrected chi connectivity index (χ2v) is 7.69. The molecule has 1 aromatic heterocycles. The van der Waals surface area contributed by atoms with Gasteiger partial charge in [0.15, 0.2) is 22.5 Å². The molecule has 0 aliphatic carbocycles. The first-order chi connectivity index (χ1) is 14.6. The number of aryl methyl sites for hydroxylation is 1. The predicted octanol–water partition coefficient (Wildman–Crippen LogP) is 2.70. The second-order valence-electron chi connectivity index (χ2n) is 6.75. The van der Waals surface area contributed by atoms with Crippen molar-refractivity contribution in [1.29, 1.82) is 0 Å². The van der Waals surface area contributed by atoms with E-state index in [1.165, 1.54) is 11.8 Å². The number of allylic oxidation sites excluding steroid dienone is 1. The highest BCUT2D eigenvalue weighted by Gasteiger charge is 2.19. The quantitative estimate of drug-likeness (QED) is 0.422. The van der Waals surface area contributed by atoms with Crippen LogP contribution in [-0.4, -0.2) is 64.2 Å². The Morgan fingerprint density at radius 1 is 1.27 bits per heavy atom. The van der Waals surface area contributed by atoms with E-state index in [-0.39, 0.29) is 12.5 Å². The molecule has 0 N–H and O–H groups in total. The number of rotatable bonds is 10. The van der Waals surface area contributed by atoms with Crippen molar-refractivity contribution in [3.05, 3.63) is 42.2 Å². The molecule has 0 unspecified atom stereocenters. The molecule has 0 atom stereocenters. The highest BCUT2D eigenvalue weighted by Crippen LogP contribution is 2.29. The van der Waals surface area contributed by atoms with Gasteiger partial charge in [-0.2, -0.15) is 0 Å². The first-order valence-corrected chi connectivity index (χ1v) is 11.0. The fourth-order valence-corrected chi connectivity index (χ4v) is 3.89. The number of amides is 1. The molecule has 2 heterocycles. The highest BCUT2D eigenvalue weighted by molar-refractivity contribution is 7.99. The summed E-state index contributed by atoms with van der Waals surface area (Å²) in [7, 11) is 0. The molecule has 0 spiro atoms. The van der Waals surface area contributed by atoms with Crippen LogP contribution in [0, 0.1) is 6.92 Å². The van der Waals surface area contributed by atoms with Gasteiger partial charge in [-0.3, -0.25) is 9.36 Å². The molecular formula is C21H28N4O4S. The zero-order chi connectivity index (χ0) is 21.3. The minimum absolute atomic E-state index is 0.0789. The number of nitrogens with zero attached hydrogens (tertiary/aromatic N) is 4. The Balaban J connectivity index is 1.65. The maximum atomic E-state index is 12.4. The van der Waals surface area contributed by atoms with Crippen molar-refractivity contribution in [1.82, 2.24) is 19.7 Å². The summed E-state index contributed by atoms with van der Waals surface area (Å²) in [5.41, 5.74) is 1.10. The van der Waals surface area contributed by atoms with Crippen molar-refractivity contribution >= 4 is 17.7 Å². The normalized spacial score (nSPS) is 13.9. The fraction of sp³-hybridized carbons (Fsp3) is 0.476. The van der Waals surface area contributed by atoms with Crippen LogP contribution in [0.5, 0.6) is 11.5 Å². The Morgan fingerprint density at radius 2 is 2.07 bits per heavy atom. The molecule has 0 radical (unpaired) electrons. The topological polar surface area (TPSA) is 78.7 Å². The van der Waals surface area contributed by atoms with Crippen molar-refractivity contribution < 1.29 is 19.0 Å². The van der Waals surface area contributed by atoms with Gasteiger partial charge in [0.05, 0.1) is 25.6 Å². The van der Waals surface area contributed by atoms with Crippen LogP contribution in [-0.2, 0) is 22.7 Å². The Morgan fingerprint density at radius 3 is 2.80 bits per heavy atom. The smallest absolute Gasteiger partial charge is 0.233 e. The third kappa shape index (κ3) is 5.76. The molecule has 1 amide bonds. The number of morpholine rings is 1. The van der Waals surface area contributed by atoms with Crippen LogP contribution in [0.4, 0.5) is 0 Å². The Hall–Kier alpha value is -2.52. The third-order valence-electron chi connectivity index (χ3n) is 4.55. The van der Waals surface area contributed by atoms with Crippen LogP contribution in [0.1, 0.15) is 18.3 Å². The van der Waals surface area contributed by atoms with Gasteiger partial charge in [0.1, 0.15) is 6.61 Å². The van der Waals surface area contributed by atoms with Crippen molar-refractivity contribution in [3.8, 4) is 11.5 Å². The largest absolute Gasteiger partial charge is 0.490 e. The molecule has 1 aliphatic rings. The van der Waals surface area contributed by atoms with Gasteiger partial charge in [-0.25, -0.2) is 0 Å². The van der Waals surface area contributed by atoms with Gasteiger partial charge in [-0.05, 0) is 31.5 Å². The molecule has 162 valence electrons. The first-order valence-electron chi connectivity index (χ1n) is 10.00. The van der Waals surface area contributed by atoms with Gasteiger partial charge in [0.25, 0.3) is 0 Å². The summed E-state index contributed by atoms with van der Waals surface area (Å²) in [6, 6.07) is 5.82. The summed E-state index contributed by atoms with van der Waals surface area (Å²) in [6.45, 7) is 11.5. The van der Waals surface area contributed by atoms with Crippen molar-refractivity contribution in [2.24, 2.45) is 0 Å². The molecular weight excluding hydrogens is 404 g/mol. The van der Waals surface area contributed by atoms with E-state index in [0.717, 1.165) is 5.56 Å². The summed E-state index contributed by atoms with van der Waals surface area (Å²) in [5, 5.41) is 9.20. The van der Waals surface area contributed by atoms with E-state index in [9.17, 15) is 4.79 Å². The lowest BCUT2D eigenvalue weighted by Gasteiger charge is -2.26. The van der Waals surface area contributed by atoms with E-state index in [1.54, 1.807) is 6.08 Å². The van der Waals surface area contributed by atoms with Gasteiger partial charge >= 0.3 is 0 Å². The summed E-state index contributed by atoms with van der Waals surface area (Å²) in [5.74, 6) is 2.42. The van der Waals surface area contributed by atoms with Crippen molar-refractivity contribution in [3.63, 3.8) is 0 Å². The van der Waals surface area contributed by atoms with Crippen LogP contribution in [0.3, 0.4) is 0 Å². The lowest BCUT2D eigenvalue weighted by atomic mass is 10.2. The standard InChI is InChI=1S/C21H28N4O4S/c1-4-8-25-19(14-29-17-7-6-16(3)13-18(17)28-5-2)22-23-21(25)30-15-20(26)24-9-11-27-12-10-24/h4,6-7,13H,1,5,8-12,14-15H2,2-3H3. The number of carbonyl (C=O) groups is 1. The molecule has 0 bridgehead atoms. The average Bonchev–Trinajstić information content (AvgIpc) is 3.14. The van der Waals surface area contributed by atoms with E-state index in [0.29, 0.717) is 67.7 Å². The number of aromatic nitrogens is 3. The van der Waals surface area contributed by atoms with Gasteiger partial charge in [0.2, 0.25) is 5.91 Å². The number of hydrogen-bond acceptors (Lipinski definition) is 7. The summed E-state index contributed by atoms with van der Waals surface area (Å²) in [4.78, 5) is 14.2. The molecule has 1 saturated heterocycles. The number of ether oxygens (including phenoxy) is 3. The number of benzene rings is 1. The van der Waals surface area contributed by atoms with Crippen molar-refractivity contribution in [2.45, 2.75) is 32.2 Å². The number of carbonyl (C=O) groups excluding carboxylic acids is 1. The van der Waals surface area contributed by atoms with E-state index in [1.807, 2.05) is 41.5 Å². The molecule has 3 rings (SSSR count). The molecule has 2 aromatic rings. The molecule has 0 saturated carbocycles. The van der Waals surface area contributed by atoms with Crippen molar-refractivity contribution in [2.75, 3.05) is 38.7 Å². The Bertz CT molecular complexity index is 865. The SMILES string of the molecule is C=CCn1c(COc2ccc(C)cc2OCC)nnc1SCC(=O)N1CCOCC1. The fourth-order valence-electron chi connectivity index (χ4n) is 3.02. The van der Waals surface area contributed by atoms with Crippen LogP contribution in [0.15, 0.2) is 36.0 Å². The minimum atomic E-state index is 0.0789. The molecule has 30 heavy (non-hydrogen) atoms. The zero-order valence-electron chi connectivity index (χ0n) is 17.5. The molecule has 9 heteroatoms. The molecule has 8 nitrogen and oxygen atoms in total. The van der Waals surface area contributed by atoms with Gasteiger partial charge < -0.3 is 19.1 Å². The Kier molecular flexibility index (Phi) is 8.15. The summed E-state index contributed by atoms with van der Waals surface area (Å²) >= 11 is 1.37. The lowest BCUT2D eigenvalue weighted by molar-refractivity contribution is -0.132. The van der Waals surface area contributed by atoms with Crippen LogP contribution in [0.25, 0.3) is 0 Å². The maximum absolute atomic E-state index is 12.4. The average molecular weight is 433 g/mol.